The predicted octanol–water partition coefficient (Wildman–Crippen LogP) is 0.968. The zero-order valence-electron chi connectivity index (χ0n) is 9.02. The number of hydrogen-bond acceptors (Lipinski definition) is 5. The van der Waals surface area contributed by atoms with Crippen LogP contribution in [-0.4, -0.2) is 22.9 Å². The fraction of sp³-hybridized carbons (Fsp3) is 0.182. The Morgan fingerprint density at radius 2 is 2.29 bits per heavy atom. The van der Waals surface area contributed by atoms with Gasteiger partial charge in [-0.1, -0.05) is 18.2 Å². The lowest BCUT2D eigenvalue weighted by Crippen LogP contribution is -2.38. The SMILES string of the molecule is OCCc1ccccc1NN1N=C(F)C=[C]N1. The summed E-state index contributed by atoms with van der Waals surface area (Å²) < 4.78 is 12.9. The number of para-hydroxylation sites is 1. The normalized spacial score (nSPS) is 14.2. The summed E-state index contributed by atoms with van der Waals surface area (Å²) in [5.74, 6) is -0.643. The molecule has 0 aliphatic carbocycles. The van der Waals surface area contributed by atoms with E-state index in [1.165, 1.54) is 0 Å². The summed E-state index contributed by atoms with van der Waals surface area (Å²) in [6, 6.07) is 7.41. The second-order valence-electron chi connectivity index (χ2n) is 3.38. The second kappa shape index (κ2) is 5.31. The molecule has 0 spiro atoms. The minimum Gasteiger partial charge on any atom is -0.396 e. The smallest absolute Gasteiger partial charge is 0.237 e. The van der Waals surface area contributed by atoms with Gasteiger partial charge in [0.05, 0.1) is 11.9 Å². The quantitative estimate of drug-likeness (QED) is 0.727. The van der Waals surface area contributed by atoms with Gasteiger partial charge in [-0.25, -0.2) is 0 Å². The van der Waals surface area contributed by atoms with Crippen molar-refractivity contribution >= 4 is 11.7 Å². The molecule has 6 heteroatoms. The van der Waals surface area contributed by atoms with Crippen LogP contribution in [0.5, 0.6) is 0 Å². The number of aliphatic hydroxyl groups excluding tert-OH is 1. The lowest BCUT2D eigenvalue weighted by molar-refractivity contribution is 0.270. The predicted molar refractivity (Wildman–Crippen MR) is 62.2 cm³/mol. The zero-order chi connectivity index (χ0) is 12.1. The molecule has 2 rings (SSSR count). The zero-order valence-corrected chi connectivity index (χ0v) is 9.02. The van der Waals surface area contributed by atoms with E-state index >= 15 is 0 Å². The van der Waals surface area contributed by atoms with E-state index in [9.17, 15) is 4.39 Å². The average molecular weight is 235 g/mol. The highest BCUT2D eigenvalue weighted by molar-refractivity contribution is 5.86. The van der Waals surface area contributed by atoms with Crippen LogP contribution in [0.1, 0.15) is 5.56 Å². The summed E-state index contributed by atoms with van der Waals surface area (Å²) in [5, 5.41) is 13.6. The minimum absolute atomic E-state index is 0.0514. The third-order valence-electron chi connectivity index (χ3n) is 2.18. The van der Waals surface area contributed by atoms with E-state index in [1.807, 2.05) is 24.3 Å². The molecule has 0 saturated heterocycles. The molecular weight excluding hydrogens is 223 g/mol. The molecular formula is C11H12FN4O. The van der Waals surface area contributed by atoms with E-state index in [2.05, 4.69) is 22.2 Å². The van der Waals surface area contributed by atoms with E-state index < -0.39 is 5.97 Å². The van der Waals surface area contributed by atoms with E-state index in [-0.39, 0.29) is 6.61 Å². The van der Waals surface area contributed by atoms with E-state index in [1.54, 1.807) is 0 Å². The van der Waals surface area contributed by atoms with Crippen LogP contribution in [0.3, 0.4) is 0 Å². The summed E-state index contributed by atoms with van der Waals surface area (Å²) in [5.41, 5.74) is 7.12. The van der Waals surface area contributed by atoms with Gasteiger partial charge in [0, 0.05) is 12.7 Å². The number of allylic oxidation sites excluding steroid dienone is 1. The first kappa shape index (κ1) is 11.4. The van der Waals surface area contributed by atoms with Crippen LogP contribution < -0.4 is 10.9 Å². The van der Waals surface area contributed by atoms with Crippen molar-refractivity contribution in [1.82, 2.24) is 10.7 Å². The van der Waals surface area contributed by atoms with Crippen LogP contribution in [0, 0.1) is 6.20 Å². The maximum atomic E-state index is 12.9. The number of benzene rings is 1. The Balaban J connectivity index is 2.10. The Hall–Kier alpha value is -2.08. The van der Waals surface area contributed by atoms with Crippen LogP contribution in [0.4, 0.5) is 10.1 Å². The number of hydrazone groups is 1. The number of anilines is 1. The number of halogens is 1. The summed E-state index contributed by atoms with van der Waals surface area (Å²) in [6.45, 7) is 0.0514. The summed E-state index contributed by atoms with van der Waals surface area (Å²) in [7, 11) is 0. The highest BCUT2D eigenvalue weighted by Crippen LogP contribution is 2.16. The van der Waals surface area contributed by atoms with Gasteiger partial charge in [0.25, 0.3) is 0 Å². The fourth-order valence-electron chi connectivity index (χ4n) is 1.44. The first-order chi connectivity index (χ1) is 8.29. The number of hydrogen-bond donors (Lipinski definition) is 3. The molecule has 5 nitrogen and oxygen atoms in total. The lowest BCUT2D eigenvalue weighted by atomic mass is 10.1. The van der Waals surface area contributed by atoms with Gasteiger partial charge in [-0.3, -0.25) is 10.9 Å². The van der Waals surface area contributed by atoms with E-state index in [4.69, 9.17) is 5.11 Å². The topological polar surface area (TPSA) is 59.9 Å². The van der Waals surface area contributed by atoms with Crippen LogP contribution in [0.25, 0.3) is 0 Å². The monoisotopic (exact) mass is 235 g/mol. The molecule has 1 aliphatic heterocycles. The lowest BCUT2D eigenvalue weighted by Gasteiger charge is -2.22. The van der Waals surface area contributed by atoms with Gasteiger partial charge in [-0.05, 0) is 18.1 Å². The van der Waals surface area contributed by atoms with Crippen LogP contribution >= 0.6 is 0 Å². The van der Waals surface area contributed by atoms with Crippen molar-refractivity contribution in [1.29, 1.82) is 0 Å². The van der Waals surface area contributed by atoms with Crippen molar-refractivity contribution in [3.63, 3.8) is 0 Å². The van der Waals surface area contributed by atoms with Crippen LogP contribution in [0.15, 0.2) is 35.4 Å². The molecule has 17 heavy (non-hydrogen) atoms. The van der Waals surface area contributed by atoms with E-state index in [0.717, 1.165) is 22.6 Å². The molecule has 0 unspecified atom stereocenters. The molecule has 1 aliphatic rings. The Bertz CT molecular complexity index is 447. The largest absolute Gasteiger partial charge is 0.396 e. The van der Waals surface area contributed by atoms with Gasteiger partial charge in [0.1, 0.15) is 0 Å². The Kier molecular flexibility index (Phi) is 3.56. The molecule has 0 bridgehead atoms. The number of aliphatic hydroxyl groups is 1. The molecule has 0 aromatic heterocycles. The molecule has 89 valence electrons. The van der Waals surface area contributed by atoms with Crippen LogP contribution in [0.2, 0.25) is 0 Å². The second-order valence-corrected chi connectivity index (χ2v) is 3.38. The third-order valence-corrected chi connectivity index (χ3v) is 2.18. The van der Waals surface area contributed by atoms with Crippen molar-refractivity contribution in [2.75, 3.05) is 12.0 Å². The summed E-state index contributed by atoms with van der Waals surface area (Å²) >= 11 is 0. The highest BCUT2D eigenvalue weighted by atomic mass is 19.1. The molecule has 1 heterocycles. The Morgan fingerprint density at radius 1 is 1.47 bits per heavy atom. The van der Waals surface area contributed by atoms with Gasteiger partial charge in [0.2, 0.25) is 5.97 Å². The first-order valence-corrected chi connectivity index (χ1v) is 5.13. The molecule has 0 atom stereocenters. The highest BCUT2D eigenvalue weighted by Gasteiger charge is 2.08. The average Bonchev–Trinajstić information content (AvgIpc) is 2.32. The van der Waals surface area contributed by atoms with Crippen molar-refractivity contribution in [3.8, 4) is 0 Å². The summed E-state index contributed by atoms with van der Waals surface area (Å²) in [6.07, 6.45) is 4.10. The van der Waals surface area contributed by atoms with Crippen molar-refractivity contribution in [2.45, 2.75) is 6.42 Å². The minimum atomic E-state index is -0.643. The molecule has 0 amide bonds. The van der Waals surface area contributed by atoms with Gasteiger partial charge in [0.15, 0.2) is 0 Å². The molecule has 3 N–H and O–H groups in total. The summed E-state index contributed by atoms with van der Waals surface area (Å²) in [4.78, 5) is 0. The van der Waals surface area contributed by atoms with Gasteiger partial charge in [-0.2, -0.15) is 4.39 Å². The molecule has 0 fully saturated rings. The number of hydrazine groups is 2. The standard InChI is InChI=1S/C11H12FN4O/c12-11-5-7-13-16(15-11)14-10-4-2-1-3-9(10)6-8-17/h1-5,13-14,17H,6,8H2. The molecule has 0 saturated carbocycles. The maximum Gasteiger partial charge on any atom is 0.237 e. The number of nitrogens with zero attached hydrogens (tertiary/aromatic N) is 2. The number of nitrogens with one attached hydrogen (secondary N) is 2. The first-order valence-electron chi connectivity index (χ1n) is 5.13. The van der Waals surface area contributed by atoms with Crippen molar-refractivity contribution in [2.24, 2.45) is 5.10 Å². The Labute approximate surface area is 98.2 Å². The molecule has 1 radical (unpaired) electrons. The van der Waals surface area contributed by atoms with Crippen LogP contribution in [-0.2, 0) is 6.42 Å². The molecule has 1 aromatic carbocycles. The third kappa shape index (κ3) is 2.94. The Morgan fingerprint density at radius 3 is 3.06 bits per heavy atom. The van der Waals surface area contributed by atoms with Gasteiger partial charge < -0.3 is 5.11 Å². The van der Waals surface area contributed by atoms with Crippen molar-refractivity contribution in [3.05, 3.63) is 42.1 Å². The van der Waals surface area contributed by atoms with Crippen molar-refractivity contribution < 1.29 is 9.50 Å². The van der Waals surface area contributed by atoms with Gasteiger partial charge in [-0.15, -0.1) is 10.3 Å². The fourth-order valence-corrected chi connectivity index (χ4v) is 1.44. The molecule has 1 aromatic rings. The number of rotatable bonds is 4. The maximum absolute atomic E-state index is 12.9. The van der Waals surface area contributed by atoms with E-state index in [0.29, 0.717) is 6.42 Å². The van der Waals surface area contributed by atoms with Gasteiger partial charge >= 0.3 is 0 Å².